The van der Waals surface area contributed by atoms with Crippen molar-refractivity contribution in [1.82, 2.24) is 4.31 Å². The van der Waals surface area contributed by atoms with Crippen molar-refractivity contribution >= 4 is 10.0 Å². The molecule has 0 saturated heterocycles. The van der Waals surface area contributed by atoms with Gasteiger partial charge in [0, 0.05) is 13.6 Å². The first kappa shape index (κ1) is 14.2. The minimum absolute atomic E-state index is 0.430. The van der Waals surface area contributed by atoms with Crippen molar-refractivity contribution < 1.29 is 8.42 Å². The monoisotopic (exact) mass is 255 g/mol. The second-order valence-corrected chi connectivity index (χ2v) is 6.66. The number of hydrogen-bond acceptors (Lipinski definition) is 2. The van der Waals surface area contributed by atoms with Gasteiger partial charge in [0.2, 0.25) is 10.0 Å². The van der Waals surface area contributed by atoms with Gasteiger partial charge in [-0.1, -0.05) is 38.1 Å². The molecule has 0 amide bonds. The number of benzene rings is 1. The predicted molar refractivity (Wildman–Crippen MR) is 71.5 cm³/mol. The maximum atomic E-state index is 11.3. The lowest BCUT2D eigenvalue weighted by Gasteiger charge is -2.15. The number of rotatable bonds is 5. The summed E-state index contributed by atoms with van der Waals surface area (Å²) in [5, 5.41) is 0. The van der Waals surface area contributed by atoms with Gasteiger partial charge in [0.05, 0.1) is 6.26 Å². The third kappa shape index (κ3) is 4.13. The van der Waals surface area contributed by atoms with Crippen molar-refractivity contribution in [2.24, 2.45) is 0 Å². The molecule has 0 bridgehead atoms. The Morgan fingerprint density at radius 2 is 1.76 bits per heavy atom. The Bertz CT molecular complexity index is 451. The van der Waals surface area contributed by atoms with Gasteiger partial charge < -0.3 is 0 Å². The summed E-state index contributed by atoms with van der Waals surface area (Å²) in [6.07, 6.45) is 2.34. The lowest BCUT2D eigenvalue weighted by Crippen LogP contribution is -2.24. The van der Waals surface area contributed by atoms with E-state index in [0.29, 0.717) is 12.5 Å². The van der Waals surface area contributed by atoms with Gasteiger partial charge in [-0.05, 0) is 23.5 Å². The van der Waals surface area contributed by atoms with Crippen LogP contribution >= 0.6 is 0 Å². The molecule has 1 rings (SSSR count). The average molecular weight is 255 g/mol. The maximum Gasteiger partial charge on any atom is 0.211 e. The summed E-state index contributed by atoms with van der Waals surface area (Å²) in [7, 11) is -1.50. The minimum atomic E-state index is -3.10. The summed E-state index contributed by atoms with van der Waals surface area (Å²) in [5.41, 5.74) is 2.32. The van der Waals surface area contributed by atoms with Gasteiger partial charge in [0.25, 0.3) is 0 Å². The Morgan fingerprint density at radius 3 is 2.18 bits per heavy atom. The lowest BCUT2D eigenvalue weighted by molar-refractivity contribution is 0.472. The highest BCUT2D eigenvalue weighted by Crippen LogP contribution is 2.19. The molecular formula is C13H21NO2S. The molecule has 0 heterocycles. The van der Waals surface area contributed by atoms with E-state index in [-0.39, 0.29) is 0 Å². The van der Waals surface area contributed by atoms with E-state index in [4.69, 9.17) is 0 Å². The molecule has 0 spiro atoms. The second-order valence-electron chi connectivity index (χ2n) is 4.57. The molecule has 0 aliphatic rings. The van der Waals surface area contributed by atoms with E-state index in [0.717, 1.165) is 12.0 Å². The van der Waals surface area contributed by atoms with Crippen LogP contribution in [0.2, 0.25) is 0 Å². The molecule has 0 aliphatic heterocycles. The van der Waals surface area contributed by atoms with Crippen molar-refractivity contribution in [3.8, 4) is 0 Å². The summed E-state index contributed by atoms with van der Waals surface area (Å²) >= 11 is 0. The first-order valence-corrected chi connectivity index (χ1v) is 7.69. The molecule has 1 aromatic carbocycles. The predicted octanol–water partition coefficient (Wildman–Crippen LogP) is 2.59. The van der Waals surface area contributed by atoms with Gasteiger partial charge in [-0.3, -0.25) is 0 Å². The third-order valence-electron chi connectivity index (χ3n) is 3.13. The molecular weight excluding hydrogens is 234 g/mol. The molecule has 0 radical (unpaired) electrons. The molecule has 3 nitrogen and oxygen atoms in total. The highest BCUT2D eigenvalue weighted by atomic mass is 32.2. The van der Waals surface area contributed by atoms with Crippen LogP contribution in [0.25, 0.3) is 0 Å². The van der Waals surface area contributed by atoms with Crippen LogP contribution in [0, 0.1) is 0 Å². The van der Waals surface area contributed by atoms with E-state index < -0.39 is 10.0 Å². The van der Waals surface area contributed by atoms with Crippen LogP contribution < -0.4 is 0 Å². The van der Waals surface area contributed by atoms with E-state index in [1.54, 1.807) is 7.05 Å². The van der Waals surface area contributed by atoms with Gasteiger partial charge in [-0.2, -0.15) is 0 Å². The fraction of sp³-hybridized carbons (Fsp3) is 0.538. The van der Waals surface area contributed by atoms with Crippen LogP contribution in [-0.2, 0) is 16.6 Å². The lowest BCUT2D eigenvalue weighted by atomic mass is 9.98. The fourth-order valence-corrected chi connectivity index (χ4v) is 1.95. The molecule has 96 valence electrons. The van der Waals surface area contributed by atoms with Crippen molar-refractivity contribution in [3.05, 3.63) is 35.4 Å². The molecule has 4 heteroatoms. The summed E-state index contributed by atoms with van der Waals surface area (Å²) in [6.45, 7) is 4.78. The van der Waals surface area contributed by atoms with E-state index >= 15 is 0 Å². The topological polar surface area (TPSA) is 37.4 Å². The second kappa shape index (κ2) is 5.65. The van der Waals surface area contributed by atoms with Crippen molar-refractivity contribution in [3.63, 3.8) is 0 Å². The molecule has 0 aliphatic carbocycles. The van der Waals surface area contributed by atoms with Gasteiger partial charge in [0.1, 0.15) is 0 Å². The van der Waals surface area contributed by atoms with Crippen LogP contribution in [0.4, 0.5) is 0 Å². The smallest absolute Gasteiger partial charge is 0.211 e. The first-order chi connectivity index (χ1) is 7.84. The number of sulfonamides is 1. The fourth-order valence-electron chi connectivity index (χ4n) is 1.56. The van der Waals surface area contributed by atoms with E-state index in [1.807, 2.05) is 12.1 Å². The van der Waals surface area contributed by atoms with Crippen LogP contribution in [0.1, 0.15) is 37.3 Å². The molecule has 0 saturated carbocycles. The van der Waals surface area contributed by atoms with Crippen LogP contribution in [-0.4, -0.2) is 26.0 Å². The Labute approximate surface area is 105 Å². The average Bonchev–Trinajstić information content (AvgIpc) is 2.27. The maximum absolute atomic E-state index is 11.3. The Morgan fingerprint density at radius 1 is 1.24 bits per heavy atom. The minimum Gasteiger partial charge on any atom is -0.213 e. The van der Waals surface area contributed by atoms with Crippen LogP contribution in [0.3, 0.4) is 0 Å². The first-order valence-electron chi connectivity index (χ1n) is 5.84. The molecule has 1 unspecified atom stereocenters. The molecule has 0 N–H and O–H groups in total. The highest BCUT2D eigenvalue weighted by Gasteiger charge is 2.11. The quantitative estimate of drug-likeness (QED) is 0.811. The third-order valence-corrected chi connectivity index (χ3v) is 4.39. The van der Waals surface area contributed by atoms with Crippen LogP contribution in [0.5, 0.6) is 0 Å². The number of nitrogens with zero attached hydrogens (tertiary/aromatic N) is 1. The standard InChI is InChI=1S/C13H21NO2S/c1-5-11(2)13-8-6-12(7-9-13)10-14(3)17(4,15)16/h6-9,11H,5,10H2,1-4H3. The molecule has 17 heavy (non-hydrogen) atoms. The summed E-state index contributed by atoms with van der Waals surface area (Å²) in [6, 6.07) is 8.17. The zero-order valence-corrected chi connectivity index (χ0v) is 11.8. The SMILES string of the molecule is CCC(C)c1ccc(CN(C)S(C)(=O)=O)cc1. The zero-order valence-electron chi connectivity index (χ0n) is 11.0. The largest absolute Gasteiger partial charge is 0.213 e. The number of hydrogen-bond donors (Lipinski definition) is 0. The van der Waals surface area contributed by atoms with Gasteiger partial charge in [0.15, 0.2) is 0 Å². The van der Waals surface area contributed by atoms with Crippen molar-refractivity contribution in [1.29, 1.82) is 0 Å². The normalized spacial score (nSPS) is 13.9. The zero-order chi connectivity index (χ0) is 13.1. The molecule has 1 atom stereocenters. The Hall–Kier alpha value is -0.870. The van der Waals surface area contributed by atoms with Crippen molar-refractivity contribution in [2.75, 3.05) is 13.3 Å². The highest BCUT2D eigenvalue weighted by molar-refractivity contribution is 7.88. The van der Waals surface area contributed by atoms with Gasteiger partial charge >= 0.3 is 0 Å². The van der Waals surface area contributed by atoms with Crippen molar-refractivity contribution in [2.45, 2.75) is 32.7 Å². The van der Waals surface area contributed by atoms with E-state index in [9.17, 15) is 8.42 Å². The van der Waals surface area contributed by atoms with E-state index in [2.05, 4.69) is 26.0 Å². The van der Waals surface area contributed by atoms with Gasteiger partial charge in [-0.15, -0.1) is 0 Å². The molecule has 1 aromatic rings. The van der Waals surface area contributed by atoms with E-state index in [1.165, 1.54) is 16.1 Å². The summed E-state index contributed by atoms with van der Waals surface area (Å²) in [5.74, 6) is 0.552. The summed E-state index contributed by atoms with van der Waals surface area (Å²) < 4.78 is 23.9. The Balaban J connectivity index is 2.76. The molecule has 0 aromatic heterocycles. The Kier molecular flexibility index (Phi) is 4.71. The van der Waals surface area contributed by atoms with Gasteiger partial charge in [-0.25, -0.2) is 12.7 Å². The summed E-state index contributed by atoms with van der Waals surface area (Å²) in [4.78, 5) is 0. The van der Waals surface area contributed by atoms with Crippen LogP contribution in [0.15, 0.2) is 24.3 Å². The molecule has 0 fully saturated rings.